The molecular formula is C20H31N3O3. The van der Waals surface area contributed by atoms with Crippen molar-refractivity contribution in [2.45, 2.75) is 50.6 Å². The Kier molecular flexibility index (Phi) is 6.04. The van der Waals surface area contributed by atoms with Crippen molar-refractivity contribution in [1.29, 1.82) is 0 Å². The van der Waals surface area contributed by atoms with Crippen LogP contribution in [0, 0.1) is 0 Å². The van der Waals surface area contributed by atoms with Crippen molar-refractivity contribution in [3.05, 3.63) is 29.8 Å². The normalized spacial score (nSPS) is 21.7. The maximum atomic E-state index is 11.1. The lowest BCUT2D eigenvalue weighted by Crippen LogP contribution is -2.57. The number of phenolic OH excluding ortho intramolecular Hbond substituents is 1. The van der Waals surface area contributed by atoms with Crippen LogP contribution in [-0.2, 0) is 6.42 Å². The Morgan fingerprint density at radius 3 is 2.46 bits per heavy atom. The number of carboxylic acid groups (broad SMARTS) is 1. The van der Waals surface area contributed by atoms with E-state index in [0.717, 1.165) is 57.3 Å². The van der Waals surface area contributed by atoms with Crippen LogP contribution in [0.2, 0.25) is 0 Å². The molecule has 0 aromatic heterocycles. The number of para-hydroxylation sites is 1. The van der Waals surface area contributed by atoms with Gasteiger partial charge in [0, 0.05) is 37.8 Å². The molecule has 1 aromatic carbocycles. The number of rotatable bonds is 5. The van der Waals surface area contributed by atoms with E-state index in [1.165, 1.54) is 4.90 Å². The average molecular weight is 361 g/mol. The topological polar surface area (TPSA) is 76.0 Å². The zero-order valence-corrected chi connectivity index (χ0v) is 15.7. The third-order valence-electron chi connectivity index (χ3n) is 6.19. The van der Waals surface area contributed by atoms with Crippen molar-refractivity contribution in [2.24, 2.45) is 0 Å². The SMILES string of the molecule is CC1(N2CCC(NCCc3ccccc3O)CC2)CCN(C(=O)O)CC1. The molecule has 0 unspecified atom stereocenters. The molecule has 1 aromatic rings. The van der Waals surface area contributed by atoms with E-state index in [0.29, 0.717) is 24.9 Å². The minimum absolute atomic E-state index is 0.132. The molecule has 0 radical (unpaired) electrons. The molecule has 144 valence electrons. The van der Waals surface area contributed by atoms with Gasteiger partial charge < -0.3 is 20.4 Å². The quantitative estimate of drug-likeness (QED) is 0.751. The average Bonchev–Trinajstić information content (AvgIpc) is 2.64. The third-order valence-corrected chi connectivity index (χ3v) is 6.19. The van der Waals surface area contributed by atoms with Crippen molar-refractivity contribution in [2.75, 3.05) is 32.7 Å². The summed E-state index contributed by atoms with van der Waals surface area (Å²) in [5.74, 6) is 0.379. The van der Waals surface area contributed by atoms with Crippen LogP contribution in [0.25, 0.3) is 0 Å². The second kappa shape index (κ2) is 8.27. The molecule has 0 aliphatic carbocycles. The van der Waals surface area contributed by atoms with Gasteiger partial charge >= 0.3 is 6.09 Å². The number of hydrogen-bond donors (Lipinski definition) is 3. The molecule has 3 N–H and O–H groups in total. The van der Waals surface area contributed by atoms with Gasteiger partial charge in [0.15, 0.2) is 0 Å². The Labute approximate surface area is 155 Å². The number of amides is 1. The summed E-state index contributed by atoms with van der Waals surface area (Å²) in [5.41, 5.74) is 1.13. The Hall–Kier alpha value is -1.79. The molecule has 6 nitrogen and oxygen atoms in total. The summed E-state index contributed by atoms with van der Waals surface area (Å²) in [6, 6.07) is 8.06. The fraction of sp³-hybridized carbons (Fsp3) is 0.650. The maximum absolute atomic E-state index is 11.1. The molecule has 0 spiro atoms. The van der Waals surface area contributed by atoms with Gasteiger partial charge in [-0.05, 0) is 57.2 Å². The number of phenols is 1. The molecule has 2 heterocycles. The summed E-state index contributed by atoms with van der Waals surface area (Å²) in [6.07, 6.45) is 4.14. The Balaban J connectivity index is 1.40. The maximum Gasteiger partial charge on any atom is 0.407 e. The van der Waals surface area contributed by atoms with Crippen molar-refractivity contribution in [3.63, 3.8) is 0 Å². The van der Waals surface area contributed by atoms with E-state index in [1.54, 1.807) is 6.07 Å². The van der Waals surface area contributed by atoms with Crippen LogP contribution in [-0.4, -0.2) is 70.4 Å². The van der Waals surface area contributed by atoms with Crippen LogP contribution in [0.5, 0.6) is 5.75 Å². The van der Waals surface area contributed by atoms with Gasteiger partial charge in [-0.15, -0.1) is 0 Å². The van der Waals surface area contributed by atoms with Gasteiger partial charge in [0.25, 0.3) is 0 Å². The molecule has 2 aliphatic rings. The first-order valence-electron chi connectivity index (χ1n) is 9.71. The molecule has 0 atom stereocenters. The highest BCUT2D eigenvalue weighted by Gasteiger charge is 2.38. The molecule has 2 fully saturated rings. The van der Waals surface area contributed by atoms with E-state index in [-0.39, 0.29) is 5.54 Å². The van der Waals surface area contributed by atoms with Crippen LogP contribution in [0.3, 0.4) is 0 Å². The van der Waals surface area contributed by atoms with E-state index in [4.69, 9.17) is 5.11 Å². The predicted molar refractivity (Wildman–Crippen MR) is 102 cm³/mol. The first kappa shape index (κ1) is 19.0. The summed E-state index contributed by atoms with van der Waals surface area (Å²) in [6.45, 7) is 6.59. The highest BCUT2D eigenvalue weighted by Crippen LogP contribution is 2.31. The first-order valence-corrected chi connectivity index (χ1v) is 9.71. The number of piperidine rings is 2. The molecule has 6 heteroatoms. The largest absolute Gasteiger partial charge is 0.508 e. The summed E-state index contributed by atoms with van der Waals surface area (Å²) in [7, 11) is 0. The number of aromatic hydroxyl groups is 1. The monoisotopic (exact) mass is 361 g/mol. The van der Waals surface area contributed by atoms with Gasteiger partial charge in [-0.3, -0.25) is 4.90 Å². The molecule has 1 amide bonds. The lowest BCUT2D eigenvalue weighted by atomic mass is 9.85. The second-order valence-corrected chi connectivity index (χ2v) is 7.86. The van der Waals surface area contributed by atoms with E-state index >= 15 is 0 Å². The van der Waals surface area contributed by atoms with Gasteiger partial charge in [0.1, 0.15) is 5.75 Å². The first-order chi connectivity index (χ1) is 12.5. The van der Waals surface area contributed by atoms with Crippen LogP contribution >= 0.6 is 0 Å². The number of hydrogen-bond acceptors (Lipinski definition) is 4. The van der Waals surface area contributed by atoms with Crippen LogP contribution in [0.4, 0.5) is 4.79 Å². The van der Waals surface area contributed by atoms with Gasteiger partial charge in [0.2, 0.25) is 0 Å². The molecule has 0 bridgehead atoms. The number of likely N-dealkylation sites (tertiary alicyclic amines) is 2. The van der Waals surface area contributed by atoms with E-state index in [2.05, 4.69) is 17.1 Å². The minimum atomic E-state index is -0.792. The van der Waals surface area contributed by atoms with Crippen LogP contribution < -0.4 is 5.32 Å². The summed E-state index contributed by atoms with van der Waals surface area (Å²) < 4.78 is 0. The smallest absolute Gasteiger partial charge is 0.407 e. The summed E-state index contributed by atoms with van der Waals surface area (Å²) in [4.78, 5) is 15.2. The Morgan fingerprint density at radius 2 is 1.85 bits per heavy atom. The standard InChI is InChI=1S/C20H31N3O3/c1-20(9-14-22(15-10-20)19(25)26)23-12-7-17(8-13-23)21-11-6-16-4-2-3-5-18(16)24/h2-5,17,21,24H,6-15H2,1H3,(H,25,26). The molecule has 0 saturated carbocycles. The van der Waals surface area contributed by atoms with Crippen LogP contribution in [0.15, 0.2) is 24.3 Å². The molecule has 26 heavy (non-hydrogen) atoms. The summed E-state index contributed by atoms with van der Waals surface area (Å²) >= 11 is 0. The van der Waals surface area contributed by atoms with Crippen molar-refractivity contribution in [3.8, 4) is 5.75 Å². The Morgan fingerprint density at radius 1 is 1.19 bits per heavy atom. The molecule has 2 aliphatic heterocycles. The zero-order chi connectivity index (χ0) is 18.6. The lowest BCUT2D eigenvalue weighted by molar-refractivity contribution is 0.0179. The fourth-order valence-corrected chi connectivity index (χ4v) is 4.25. The van der Waals surface area contributed by atoms with Crippen molar-refractivity contribution >= 4 is 6.09 Å². The van der Waals surface area contributed by atoms with Gasteiger partial charge in [-0.1, -0.05) is 18.2 Å². The lowest BCUT2D eigenvalue weighted by Gasteiger charge is -2.49. The minimum Gasteiger partial charge on any atom is -0.508 e. The van der Waals surface area contributed by atoms with Crippen molar-refractivity contribution < 1.29 is 15.0 Å². The fourth-order valence-electron chi connectivity index (χ4n) is 4.25. The van der Waals surface area contributed by atoms with E-state index in [9.17, 15) is 9.90 Å². The van der Waals surface area contributed by atoms with Crippen molar-refractivity contribution in [1.82, 2.24) is 15.1 Å². The predicted octanol–water partition coefficient (Wildman–Crippen LogP) is 2.52. The summed E-state index contributed by atoms with van der Waals surface area (Å²) in [5, 5.41) is 22.6. The molecule has 2 saturated heterocycles. The third kappa shape index (κ3) is 4.48. The zero-order valence-electron chi connectivity index (χ0n) is 15.7. The van der Waals surface area contributed by atoms with Gasteiger partial charge in [-0.2, -0.15) is 0 Å². The number of benzene rings is 1. The van der Waals surface area contributed by atoms with Gasteiger partial charge in [0.05, 0.1) is 0 Å². The number of carbonyl (C=O) groups is 1. The molecular weight excluding hydrogens is 330 g/mol. The van der Waals surface area contributed by atoms with E-state index in [1.807, 2.05) is 18.2 Å². The van der Waals surface area contributed by atoms with E-state index < -0.39 is 6.09 Å². The number of nitrogens with one attached hydrogen (secondary N) is 1. The number of nitrogens with zero attached hydrogens (tertiary/aromatic N) is 2. The molecule has 3 rings (SSSR count). The highest BCUT2D eigenvalue weighted by molar-refractivity contribution is 5.65. The highest BCUT2D eigenvalue weighted by atomic mass is 16.4. The van der Waals surface area contributed by atoms with Crippen LogP contribution in [0.1, 0.15) is 38.2 Å². The Bertz CT molecular complexity index is 606. The second-order valence-electron chi connectivity index (χ2n) is 7.86. The van der Waals surface area contributed by atoms with Gasteiger partial charge in [-0.25, -0.2) is 4.79 Å².